The average molecular weight is 179 g/mol. The summed E-state index contributed by atoms with van der Waals surface area (Å²) in [6.07, 6.45) is 5.57. The third-order valence-corrected chi connectivity index (χ3v) is 2.09. The van der Waals surface area contributed by atoms with Gasteiger partial charge < -0.3 is 10.1 Å². The Kier molecular flexibility index (Phi) is 2.72. The maximum atomic E-state index is 5.35. The molecule has 2 heterocycles. The summed E-state index contributed by atoms with van der Waals surface area (Å²) < 4.78 is 5.35. The monoisotopic (exact) mass is 179 g/mol. The first kappa shape index (κ1) is 8.44. The third kappa shape index (κ3) is 2.39. The molecule has 0 saturated carbocycles. The zero-order valence-electron chi connectivity index (χ0n) is 7.44. The topological polar surface area (TPSA) is 47.0 Å². The first-order valence-corrected chi connectivity index (χ1v) is 4.55. The zero-order valence-corrected chi connectivity index (χ0v) is 7.44. The number of hydrogen-bond acceptors (Lipinski definition) is 4. The quantitative estimate of drug-likeness (QED) is 0.737. The van der Waals surface area contributed by atoms with Gasteiger partial charge in [0.05, 0.1) is 12.6 Å². The van der Waals surface area contributed by atoms with Crippen LogP contribution in [0, 0.1) is 0 Å². The van der Waals surface area contributed by atoms with Gasteiger partial charge in [-0.15, -0.1) is 0 Å². The van der Waals surface area contributed by atoms with Gasteiger partial charge in [-0.25, -0.2) is 9.97 Å². The van der Waals surface area contributed by atoms with E-state index in [1.54, 1.807) is 12.5 Å². The van der Waals surface area contributed by atoms with Crippen molar-refractivity contribution in [1.82, 2.24) is 9.97 Å². The molecule has 1 aliphatic heterocycles. The third-order valence-electron chi connectivity index (χ3n) is 2.09. The molecule has 70 valence electrons. The lowest BCUT2D eigenvalue weighted by Crippen LogP contribution is -2.30. The van der Waals surface area contributed by atoms with E-state index >= 15 is 0 Å². The average Bonchev–Trinajstić information content (AvgIpc) is 2.21. The Labute approximate surface area is 77.4 Å². The highest BCUT2D eigenvalue weighted by Gasteiger charge is 2.13. The lowest BCUT2D eigenvalue weighted by molar-refractivity contribution is 0.0875. The molecule has 1 aliphatic rings. The Balaban J connectivity index is 1.90. The number of nitrogens with zero attached hydrogens (tertiary/aromatic N) is 2. The standard InChI is InChI=1S/C9H13N3O/c1-2-8(6-13-5-1)12-9-3-4-10-7-11-9/h3-4,7-8H,1-2,5-6H2,(H,10,11,12). The van der Waals surface area contributed by atoms with Crippen LogP contribution in [0.4, 0.5) is 5.82 Å². The van der Waals surface area contributed by atoms with E-state index in [0.717, 1.165) is 31.9 Å². The van der Waals surface area contributed by atoms with E-state index in [0.29, 0.717) is 6.04 Å². The van der Waals surface area contributed by atoms with Crippen molar-refractivity contribution in [2.45, 2.75) is 18.9 Å². The van der Waals surface area contributed by atoms with Crippen LogP contribution in [0.15, 0.2) is 18.6 Å². The molecule has 0 radical (unpaired) electrons. The van der Waals surface area contributed by atoms with Crippen molar-refractivity contribution in [3.05, 3.63) is 18.6 Å². The number of nitrogens with one attached hydrogen (secondary N) is 1. The molecule has 13 heavy (non-hydrogen) atoms. The number of anilines is 1. The molecule has 0 bridgehead atoms. The van der Waals surface area contributed by atoms with E-state index in [2.05, 4.69) is 15.3 Å². The Morgan fingerprint density at radius 1 is 1.54 bits per heavy atom. The molecule has 1 unspecified atom stereocenters. The van der Waals surface area contributed by atoms with Gasteiger partial charge in [-0.3, -0.25) is 0 Å². The normalized spacial score (nSPS) is 22.6. The van der Waals surface area contributed by atoms with Crippen molar-refractivity contribution in [2.24, 2.45) is 0 Å². The molecule has 1 fully saturated rings. The van der Waals surface area contributed by atoms with Crippen LogP contribution in [0.3, 0.4) is 0 Å². The van der Waals surface area contributed by atoms with Gasteiger partial charge in [0.1, 0.15) is 12.1 Å². The number of ether oxygens (including phenoxy) is 1. The van der Waals surface area contributed by atoms with Crippen molar-refractivity contribution in [1.29, 1.82) is 0 Å². The molecule has 1 aromatic rings. The first-order valence-electron chi connectivity index (χ1n) is 4.55. The van der Waals surface area contributed by atoms with Gasteiger partial charge in [-0.1, -0.05) is 0 Å². The van der Waals surface area contributed by atoms with E-state index in [4.69, 9.17) is 4.74 Å². The first-order chi connectivity index (χ1) is 6.45. The molecular weight excluding hydrogens is 166 g/mol. The number of rotatable bonds is 2. The molecule has 0 aliphatic carbocycles. The summed E-state index contributed by atoms with van der Waals surface area (Å²) in [5, 5.41) is 3.30. The molecule has 0 amide bonds. The largest absolute Gasteiger partial charge is 0.379 e. The van der Waals surface area contributed by atoms with Crippen LogP contribution in [0.1, 0.15) is 12.8 Å². The van der Waals surface area contributed by atoms with Gasteiger partial charge in [0.15, 0.2) is 0 Å². The predicted octanol–water partition coefficient (Wildman–Crippen LogP) is 1.07. The SMILES string of the molecule is c1cc(NC2CCCOC2)ncn1. The fourth-order valence-electron chi connectivity index (χ4n) is 1.44. The summed E-state index contributed by atoms with van der Waals surface area (Å²) in [6, 6.07) is 2.28. The van der Waals surface area contributed by atoms with Crippen LogP contribution in [0.5, 0.6) is 0 Å². The second-order valence-electron chi connectivity index (χ2n) is 3.15. The second kappa shape index (κ2) is 4.18. The van der Waals surface area contributed by atoms with Crippen LogP contribution < -0.4 is 5.32 Å². The maximum absolute atomic E-state index is 5.35. The van der Waals surface area contributed by atoms with Gasteiger partial charge in [0.2, 0.25) is 0 Å². The minimum Gasteiger partial charge on any atom is -0.379 e. The summed E-state index contributed by atoms with van der Waals surface area (Å²) >= 11 is 0. The lowest BCUT2D eigenvalue weighted by Gasteiger charge is -2.23. The molecule has 4 nitrogen and oxygen atoms in total. The number of hydrogen-bond donors (Lipinski definition) is 1. The highest BCUT2D eigenvalue weighted by Crippen LogP contribution is 2.10. The van der Waals surface area contributed by atoms with Gasteiger partial charge >= 0.3 is 0 Å². The summed E-state index contributed by atoms with van der Waals surface area (Å²) in [5.41, 5.74) is 0. The van der Waals surface area contributed by atoms with E-state index in [1.165, 1.54) is 0 Å². The van der Waals surface area contributed by atoms with Crippen LogP contribution in [0.25, 0.3) is 0 Å². The Morgan fingerprint density at radius 2 is 2.54 bits per heavy atom. The lowest BCUT2D eigenvalue weighted by atomic mass is 10.1. The van der Waals surface area contributed by atoms with Crippen molar-refractivity contribution in [2.75, 3.05) is 18.5 Å². The summed E-state index contributed by atoms with van der Waals surface area (Å²) in [7, 11) is 0. The fourth-order valence-corrected chi connectivity index (χ4v) is 1.44. The minimum atomic E-state index is 0.406. The molecule has 1 N–H and O–H groups in total. The van der Waals surface area contributed by atoms with Gasteiger partial charge in [-0.2, -0.15) is 0 Å². The van der Waals surface area contributed by atoms with Crippen molar-refractivity contribution in [3.63, 3.8) is 0 Å². The van der Waals surface area contributed by atoms with Crippen LogP contribution in [-0.4, -0.2) is 29.2 Å². The van der Waals surface area contributed by atoms with Crippen LogP contribution in [-0.2, 0) is 4.74 Å². The Morgan fingerprint density at radius 3 is 3.23 bits per heavy atom. The summed E-state index contributed by atoms with van der Waals surface area (Å²) in [6.45, 7) is 1.67. The Hall–Kier alpha value is -1.16. The Bertz CT molecular complexity index is 246. The fraction of sp³-hybridized carbons (Fsp3) is 0.556. The van der Waals surface area contributed by atoms with Gasteiger partial charge in [-0.05, 0) is 18.9 Å². The van der Waals surface area contributed by atoms with E-state index in [1.807, 2.05) is 6.07 Å². The summed E-state index contributed by atoms with van der Waals surface area (Å²) in [5.74, 6) is 0.880. The van der Waals surface area contributed by atoms with Gasteiger partial charge in [0.25, 0.3) is 0 Å². The van der Waals surface area contributed by atoms with Gasteiger partial charge in [0, 0.05) is 12.8 Å². The zero-order chi connectivity index (χ0) is 8.93. The van der Waals surface area contributed by atoms with E-state index in [9.17, 15) is 0 Å². The molecule has 0 aromatic carbocycles. The number of aromatic nitrogens is 2. The minimum absolute atomic E-state index is 0.406. The molecular formula is C9H13N3O. The van der Waals surface area contributed by atoms with Crippen LogP contribution >= 0.6 is 0 Å². The second-order valence-corrected chi connectivity index (χ2v) is 3.15. The van der Waals surface area contributed by atoms with Crippen molar-refractivity contribution < 1.29 is 4.74 Å². The molecule has 1 aromatic heterocycles. The molecule has 1 saturated heterocycles. The predicted molar refractivity (Wildman–Crippen MR) is 49.5 cm³/mol. The molecule has 2 rings (SSSR count). The highest BCUT2D eigenvalue weighted by molar-refractivity contribution is 5.32. The summed E-state index contributed by atoms with van der Waals surface area (Å²) in [4.78, 5) is 7.95. The van der Waals surface area contributed by atoms with E-state index in [-0.39, 0.29) is 0 Å². The van der Waals surface area contributed by atoms with Crippen molar-refractivity contribution >= 4 is 5.82 Å². The highest BCUT2D eigenvalue weighted by atomic mass is 16.5. The molecule has 1 atom stereocenters. The van der Waals surface area contributed by atoms with E-state index < -0.39 is 0 Å². The maximum Gasteiger partial charge on any atom is 0.129 e. The molecule has 0 spiro atoms. The smallest absolute Gasteiger partial charge is 0.129 e. The molecule has 4 heteroatoms. The van der Waals surface area contributed by atoms with Crippen molar-refractivity contribution in [3.8, 4) is 0 Å². The van der Waals surface area contributed by atoms with Crippen LogP contribution in [0.2, 0.25) is 0 Å².